The van der Waals surface area contributed by atoms with Gasteiger partial charge in [0.1, 0.15) is 0 Å². The fourth-order valence-corrected chi connectivity index (χ4v) is 3.25. The van der Waals surface area contributed by atoms with E-state index in [0.29, 0.717) is 0 Å². The van der Waals surface area contributed by atoms with Crippen LogP contribution in [0, 0.1) is 0 Å². The van der Waals surface area contributed by atoms with Crippen molar-refractivity contribution in [1.82, 2.24) is 0 Å². The van der Waals surface area contributed by atoms with Crippen LogP contribution in [0.15, 0.2) is 30.3 Å². The van der Waals surface area contributed by atoms with Crippen LogP contribution in [-0.2, 0) is 14.0 Å². The van der Waals surface area contributed by atoms with E-state index in [4.69, 9.17) is 0 Å². The highest BCUT2D eigenvalue weighted by Crippen LogP contribution is 2.45. The number of hydrogen-bond donors (Lipinski definition) is 1. The van der Waals surface area contributed by atoms with Crippen LogP contribution in [0.4, 0.5) is 0 Å². The Kier molecular flexibility index (Phi) is 2.61. The smallest absolute Gasteiger partial charge is 0.330 e. The van der Waals surface area contributed by atoms with E-state index in [-0.39, 0.29) is 5.30 Å². The molecule has 0 aliphatic carbocycles. The molecule has 0 saturated heterocycles. The Morgan fingerprint density at radius 1 is 1.23 bits per heavy atom. The van der Waals surface area contributed by atoms with Gasteiger partial charge in [-0.15, -0.1) is 0 Å². The van der Waals surface area contributed by atoms with Gasteiger partial charge in [0.15, 0.2) is 0 Å². The Balaban J connectivity index is 3.34. The van der Waals surface area contributed by atoms with Crippen molar-refractivity contribution < 1.29 is 17.9 Å². The van der Waals surface area contributed by atoms with Gasteiger partial charge in [-0.2, -0.15) is 0 Å². The molecular formula is C7H9O4PS. The normalized spacial score (nSPS) is 16.5. The van der Waals surface area contributed by atoms with Crippen LogP contribution < -0.4 is 5.30 Å². The number of benzene rings is 1. The van der Waals surface area contributed by atoms with Gasteiger partial charge in [0.05, 0.1) is 5.30 Å². The molecule has 0 aliphatic heterocycles. The summed E-state index contributed by atoms with van der Waals surface area (Å²) in [4.78, 5) is 9.29. The van der Waals surface area contributed by atoms with Crippen LogP contribution in [0.1, 0.15) is 0 Å². The van der Waals surface area contributed by atoms with Gasteiger partial charge in [-0.05, 0) is 12.1 Å². The quantitative estimate of drug-likeness (QED) is 0.738. The molecule has 0 aromatic heterocycles. The Morgan fingerprint density at radius 3 is 2.08 bits per heavy atom. The Hall–Kier alpha value is -0.640. The summed E-state index contributed by atoms with van der Waals surface area (Å²) in [5, 5.41) is -0.0579. The van der Waals surface area contributed by atoms with Crippen molar-refractivity contribution in [2.24, 2.45) is 0 Å². The molecule has 1 rings (SSSR count). The van der Waals surface area contributed by atoms with E-state index in [1.54, 1.807) is 6.07 Å². The molecule has 1 atom stereocenters. The van der Waals surface area contributed by atoms with Gasteiger partial charge in [0.2, 0.25) is 9.46 Å². The average molecular weight is 220 g/mol. The van der Waals surface area contributed by atoms with E-state index in [1.165, 1.54) is 24.3 Å². The van der Waals surface area contributed by atoms with Crippen LogP contribution in [0.5, 0.6) is 0 Å². The first-order valence-electron chi connectivity index (χ1n) is 3.44. The Bertz CT molecular complexity index is 437. The van der Waals surface area contributed by atoms with E-state index >= 15 is 0 Å². The van der Waals surface area contributed by atoms with Crippen molar-refractivity contribution in [2.45, 2.75) is 0 Å². The summed E-state index contributed by atoms with van der Waals surface area (Å²) < 4.78 is 33.3. The maximum atomic E-state index is 11.4. The summed E-state index contributed by atoms with van der Waals surface area (Å²) in [6.07, 6.45) is 0.751. The topological polar surface area (TPSA) is 71.4 Å². The lowest BCUT2D eigenvalue weighted by Gasteiger charge is -2.08. The molecule has 1 aromatic rings. The van der Waals surface area contributed by atoms with Crippen molar-refractivity contribution in [3.05, 3.63) is 30.3 Å². The molecular weight excluding hydrogens is 211 g/mol. The van der Waals surface area contributed by atoms with Crippen LogP contribution >= 0.6 is 6.57 Å². The van der Waals surface area contributed by atoms with Gasteiger partial charge in [-0.3, -0.25) is 4.57 Å². The van der Waals surface area contributed by atoms with Gasteiger partial charge in [-0.25, -0.2) is 8.42 Å². The second kappa shape index (κ2) is 3.25. The lowest BCUT2D eigenvalue weighted by molar-refractivity contribution is 0.499. The Labute approximate surface area is 76.3 Å². The second-order valence-electron chi connectivity index (χ2n) is 2.59. The van der Waals surface area contributed by atoms with Crippen LogP contribution in [-0.4, -0.2) is 19.6 Å². The molecule has 0 bridgehead atoms. The van der Waals surface area contributed by atoms with Gasteiger partial charge in [0.25, 0.3) is 0 Å². The minimum Gasteiger partial charge on any atom is -0.330 e. The van der Waals surface area contributed by atoms with E-state index in [0.717, 1.165) is 6.26 Å². The molecule has 0 radical (unpaired) electrons. The third-order valence-electron chi connectivity index (χ3n) is 1.53. The van der Waals surface area contributed by atoms with Crippen LogP contribution in [0.25, 0.3) is 0 Å². The van der Waals surface area contributed by atoms with Crippen molar-refractivity contribution in [1.29, 1.82) is 0 Å². The van der Waals surface area contributed by atoms with Crippen LogP contribution in [0.3, 0.4) is 0 Å². The molecule has 13 heavy (non-hydrogen) atoms. The molecule has 0 spiro atoms. The first-order chi connectivity index (χ1) is 5.86. The molecule has 6 heteroatoms. The molecule has 0 amide bonds. The summed E-state index contributed by atoms with van der Waals surface area (Å²) in [7, 11) is -3.94. The highest BCUT2D eigenvalue weighted by molar-refractivity contribution is 8.52. The maximum absolute atomic E-state index is 11.4. The highest BCUT2D eigenvalue weighted by atomic mass is 32.8. The molecule has 0 aliphatic rings. The minimum atomic E-state index is -4.26. The predicted octanol–water partition coefficient (Wildman–Crippen LogP) is 0.542. The van der Waals surface area contributed by atoms with Gasteiger partial charge in [-0.1, -0.05) is 18.2 Å². The molecule has 0 fully saturated rings. The number of rotatable bonds is 2. The fraction of sp³-hybridized carbons (Fsp3) is 0.143. The first kappa shape index (κ1) is 10.4. The van der Waals surface area contributed by atoms with Gasteiger partial charge >= 0.3 is 6.57 Å². The zero-order valence-electron chi connectivity index (χ0n) is 6.91. The molecule has 1 N–H and O–H groups in total. The van der Waals surface area contributed by atoms with Crippen molar-refractivity contribution in [2.75, 3.05) is 6.26 Å². The molecule has 1 aromatic carbocycles. The van der Waals surface area contributed by atoms with Gasteiger partial charge in [0, 0.05) is 6.26 Å². The van der Waals surface area contributed by atoms with Crippen molar-refractivity contribution in [3.8, 4) is 0 Å². The highest BCUT2D eigenvalue weighted by Gasteiger charge is 2.33. The molecule has 4 nitrogen and oxygen atoms in total. The maximum Gasteiger partial charge on any atom is 0.339 e. The zero-order valence-corrected chi connectivity index (χ0v) is 8.63. The molecule has 0 saturated carbocycles. The van der Waals surface area contributed by atoms with Crippen molar-refractivity contribution >= 4 is 21.3 Å². The van der Waals surface area contributed by atoms with Crippen molar-refractivity contribution in [3.63, 3.8) is 0 Å². The summed E-state index contributed by atoms with van der Waals surface area (Å²) in [6.45, 7) is -4.26. The summed E-state index contributed by atoms with van der Waals surface area (Å²) in [5.41, 5.74) is 0. The SMILES string of the molecule is CS(=O)(=O)P(=O)(O)c1ccccc1. The lowest BCUT2D eigenvalue weighted by atomic mass is 10.4. The largest absolute Gasteiger partial charge is 0.339 e. The monoisotopic (exact) mass is 220 g/mol. The summed E-state index contributed by atoms with van der Waals surface area (Å²) >= 11 is 0. The molecule has 1 unspecified atom stereocenters. The third-order valence-corrected chi connectivity index (χ3v) is 6.71. The Morgan fingerprint density at radius 2 is 1.69 bits per heavy atom. The van der Waals surface area contributed by atoms with E-state index < -0.39 is 16.0 Å². The predicted molar refractivity (Wildman–Crippen MR) is 50.7 cm³/mol. The third kappa shape index (κ3) is 1.99. The standard InChI is InChI=1S/C7H9O4PS/c1-13(10,11)12(8,9)7-5-3-2-4-6-7/h2-6H,1H3,(H,8,9). The summed E-state index contributed by atoms with van der Waals surface area (Å²) in [6, 6.07) is 7.32. The lowest BCUT2D eigenvalue weighted by Crippen LogP contribution is -2.10. The van der Waals surface area contributed by atoms with Gasteiger partial charge < -0.3 is 4.89 Å². The first-order valence-corrected chi connectivity index (χ1v) is 7.60. The fourth-order valence-electron chi connectivity index (χ4n) is 0.808. The average Bonchev–Trinajstić information content (AvgIpc) is 2.04. The zero-order chi connectivity index (χ0) is 10.1. The molecule has 72 valence electrons. The van der Waals surface area contributed by atoms with E-state index in [9.17, 15) is 17.9 Å². The minimum absolute atomic E-state index is 0.0579. The summed E-state index contributed by atoms with van der Waals surface area (Å²) in [5.74, 6) is 0. The van der Waals surface area contributed by atoms with E-state index in [1.807, 2.05) is 0 Å². The van der Waals surface area contributed by atoms with Crippen LogP contribution in [0.2, 0.25) is 0 Å². The second-order valence-corrected chi connectivity index (χ2v) is 9.09. The molecule has 0 heterocycles. The number of hydrogen-bond acceptors (Lipinski definition) is 3. The van der Waals surface area contributed by atoms with E-state index in [2.05, 4.69) is 0 Å².